The smallest absolute Gasteiger partial charge is 0.322 e. The van der Waals surface area contributed by atoms with Crippen LogP contribution in [0.4, 0.5) is 10.5 Å². The maximum atomic E-state index is 12.7. The first-order valence-electron chi connectivity index (χ1n) is 11.4. The molecule has 0 bridgehead atoms. The van der Waals surface area contributed by atoms with Gasteiger partial charge in [-0.15, -0.1) is 0 Å². The lowest BCUT2D eigenvalue weighted by atomic mass is 10.0. The number of morpholine rings is 1. The molecule has 0 spiro atoms. The van der Waals surface area contributed by atoms with Gasteiger partial charge in [-0.3, -0.25) is 9.69 Å². The zero-order chi connectivity index (χ0) is 21.2. The van der Waals surface area contributed by atoms with Crippen molar-refractivity contribution in [1.29, 1.82) is 0 Å². The normalized spacial score (nSPS) is 18.8. The quantitative estimate of drug-likeness (QED) is 0.822. The van der Waals surface area contributed by atoms with E-state index in [1.54, 1.807) is 0 Å². The van der Waals surface area contributed by atoms with Gasteiger partial charge in [0.1, 0.15) is 0 Å². The summed E-state index contributed by atoms with van der Waals surface area (Å²) in [6, 6.07) is 14.5. The summed E-state index contributed by atoms with van der Waals surface area (Å²) in [6.07, 6.45) is 5.48. The lowest BCUT2D eigenvalue weighted by molar-refractivity contribution is 0.0303. The van der Waals surface area contributed by atoms with Crippen molar-refractivity contribution in [1.82, 2.24) is 10.2 Å². The molecule has 2 heterocycles. The summed E-state index contributed by atoms with van der Waals surface area (Å²) < 4.78 is 5.33. The van der Waals surface area contributed by atoms with Crippen LogP contribution >= 0.6 is 0 Å². The molecule has 0 aromatic heterocycles. The Morgan fingerprint density at radius 2 is 1.61 bits per heavy atom. The Balaban J connectivity index is 1.28. The van der Waals surface area contributed by atoms with Crippen molar-refractivity contribution in [3.8, 4) is 11.1 Å². The third-order valence-electron chi connectivity index (χ3n) is 6.67. The van der Waals surface area contributed by atoms with Gasteiger partial charge in [-0.2, -0.15) is 0 Å². The summed E-state index contributed by atoms with van der Waals surface area (Å²) in [6.45, 7) is 3.24. The molecule has 2 aliphatic heterocycles. The van der Waals surface area contributed by atoms with Crippen LogP contribution in [0.2, 0.25) is 0 Å². The topological polar surface area (TPSA) is 61.9 Å². The molecular formula is C25H29N3O3. The maximum Gasteiger partial charge on any atom is 0.322 e. The number of ether oxygens (including phenoxy) is 1. The van der Waals surface area contributed by atoms with E-state index in [1.165, 1.54) is 18.4 Å². The molecule has 3 amide bonds. The summed E-state index contributed by atoms with van der Waals surface area (Å²) in [4.78, 5) is 29.1. The number of carbonyl (C=O) groups excluding carboxylic acids is 2. The van der Waals surface area contributed by atoms with Gasteiger partial charge in [-0.05, 0) is 60.2 Å². The lowest BCUT2D eigenvalue weighted by Gasteiger charge is -2.26. The Kier molecular flexibility index (Phi) is 5.64. The molecule has 5 rings (SSSR count). The highest BCUT2D eigenvalue weighted by Crippen LogP contribution is 2.33. The van der Waals surface area contributed by atoms with Crippen molar-refractivity contribution in [3.63, 3.8) is 0 Å². The molecule has 6 nitrogen and oxygen atoms in total. The van der Waals surface area contributed by atoms with Crippen LogP contribution in [0, 0.1) is 0 Å². The first-order chi connectivity index (χ1) is 15.2. The van der Waals surface area contributed by atoms with Crippen LogP contribution < -0.4 is 10.2 Å². The molecular weight excluding hydrogens is 390 g/mol. The summed E-state index contributed by atoms with van der Waals surface area (Å²) in [5, 5.41) is 3.20. The fourth-order valence-corrected chi connectivity index (χ4v) is 4.87. The number of anilines is 1. The van der Waals surface area contributed by atoms with Gasteiger partial charge >= 0.3 is 6.03 Å². The molecule has 2 aromatic rings. The Morgan fingerprint density at radius 3 is 2.35 bits per heavy atom. The molecule has 0 unspecified atom stereocenters. The molecule has 2 fully saturated rings. The fraction of sp³-hybridized carbons (Fsp3) is 0.440. The molecule has 2 aromatic carbocycles. The molecule has 1 aliphatic carbocycles. The number of hydrogen-bond donors (Lipinski definition) is 1. The SMILES string of the molecule is O=C(c1ccc(-c2ccc3c(c2)CCN3C(=O)NC2CCCC2)cc1)N1CCOCC1. The Labute approximate surface area is 183 Å². The molecule has 3 aliphatic rings. The van der Waals surface area contributed by atoms with Crippen molar-refractivity contribution in [2.75, 3.05) is 37.7 Å². The van der Waals surface area contributed by atoms with Crippen LogP contribution in [-0.2, 0) is 11.2 Å². The van der Waals surface area contributed by atoms with Crippen LogP contribution in [-0.4, -0.2) is 55.7 Å². The van der Waals surface area contributed by atoms with E-state index in [9.17, 15) is 9.59 Å². The maximum absolute atomic E-state index is 12.7. The lowest BCUT2D eigenvalue weighted by Crippen LogP contribution is -2.43. The fourth-order valence-electron chi connectivity index (χ4n) is 4.87. The summed E-state index contributed by atoms with van der Waals surface area (Å²) >= 11 is 0. The highest BCUT2D eigenvalue weighted by Gasteiger charge is 2.27. The number of rotatable bonds is 3. The summed E-state index contributed by atoms with van der Waals surface area (Å²) in [5.41, 5.74) is 5.12. The first-order valence-corrected chi connectivity index (χ1v) is 11.4. The average molecular weight is 420 g/mol. The van der Waals surface area contributed by atoms with Crippen LogP contribution in [0.1, 0.15) is 41.6 Å². The van der Waals surface area contributed by atoms with Crippen LogP contribution in [0.15, 0.2) is 42.5 Å². The monoisotopic (exact) mass is 419 g/mol. The third-order valence-corrected chi connectivity index (χ3v) is 6.67. The zero-order valence-electron chi connectivity index (χ0n) is 17.8. The second-order valence-corrected chi connectivity index (χ2v) is 8.66. The number of fused-ring (bicyclic) bond motifs is 1. The van der Waals surface area contributed by atoms with E-state index < -0.39 is 0 Å². The van der Waals surface area contributed by atoms with Gasteiger partial charge in [0.25, 0.3) is 5.91 Å². The predicted octanol–water partition coefficient (Wildman–Crippen LogP) is 3.84. The molecule has 1 saturated carbocycles. The van der Waals surface area contributed by atoms with E-state index in [1.807, 2.05) is 34.1 Å². The van der Waals surface area contributed by atoms with Crippen molar-refractivity contribution >= 4 is 17.6 Å². The molecule has 6 heteroatoms. The van der Waals surface area contributed by atoms with Gasteiger partial charge in [0, 0.05) is 36.9 Å². The van der Waals surface area contributed by atoms with Gasteiger partial charge in [-0.1, -0.05) is 31.0 Å². The second kappa shape index (κ2) is 8.71. The van der Waals surface area contributed by atoms with Crippen molar-refractivity contribution in [3.05, 3.63) is 53.6 Å². The highest BCUT2D eigenvalue weighted by molar-refractivity contribution is 5.96. The van der Waals surface area contributed by atoms with Gasteiger partial charge in [0.15, 0.2) is 0 Å². The van der Waals surface area contributed by atoms with Crippen molar-refractivity contribution < 1.29 is 14.3 Å². The Morgan fingerprint density at radius 1 is 0.903 bits per heavy atom. The van der Waals surface area contributed by atoms with Crippen molar-refractivity contribution in [2.45, 2.75) is 38.1 Å². The number of benzene rings is 2. The number of carbonyl (C=O) groups is 2. The van der Waals surface area contributed by atoms with Gasteiger partial charge in [0.05, 0.1) is 13.2 Å². The molecule has 0 atom stereocenters. The Hall–Kier alpha value is -2.86. The van der Waals surface area contributed by atoms with E-state index in [2.05, 4.69) is 23.5 Å². The number of hydrogen-bond acceptors (Lipinski definition) is 3. The van der Waals surface area contributed by atoms with E-state index in [0.29, 0.717) is 37.9 Å². The van der Waals surface area contributed by atoms with Crippen LogP contribution in [0.5, 0.6) is 0 Å². The molecule has 162 valence electrons. The molecule has 1 N–H and O–H groups in total. The number of amides is 3. The van der Waals surface area contributed by atoms with E-state index in [0.717, 1.165) is 42.6 Å². The van der Waals surface area contributed by atoms with Gasteiger partial charge < -0.3 is 15.0 Å². The minimum Gasteiger partial charge on any atom is -0.378 e. The number of nitrogens with one attached hydrogen (secondary N) is 1. The molecule has 31 heavy (non-hydrogen) atoms. The van der Waals surface area contributed by atoms with Crippen LogP contribution in [0.3, 0.4) is 0 Å². The summed E-state index contributed by atoms with van der Waals surface area (Å²) in [7, 11) is 0. The Bertz CT molecular complexity index is 960. The van der Waals surface area contributed by atoms with Crippen molar-refractivity contribution in [2.24, 2.45) is 0 Å². The second-order valence-electron chi connectivity index (χ2n) is 8.66. The highest BCUT2D eigenvalue weighted by atomic mass is 16.5. The minimum atomic E-state index is 0.0318. The average Bonchev–Trinajstić information content (AvgIpc) is 3.48. The van der Waals surface area contributed by atoms with E-state index in [-0.39, 0.29) is 11.9 Å². The van der Waals surface area contributed by atoms with Gasteiger partial charge in [0.2, 0.25) is 0 Å². The number of urea groups is 1. The van der Waals surface area contributed by atoms with Crippen LogP contribution in [0.25, 0.3) is 11.1 Å². The number of nitrogens with zero attached hydrogens (tertiary/aromatic N) is 2. The molecule has 1 saturated heterocycles. The molecule has 0 radical (unpaired) electrons. The zero-order valence-corrected chi connectivity index (χ0v) is 17.8. The van der Waals surface area contributed by atoms with E-state index >= 15 is 0 Å². The van der Waals surface area contributed by atoms with E-state index in [4.69, 9.17) is 4.74 Å². The largest absolute Gasteiger partial charge is 0.378 e. The first kappa shape index (κ1) is 20.1. The standard InChI is InChI=1S/C25H29N3O3/c29-24(27-13-15-31-16-14-27)19-7-5-18(6-8-19)20-9-10-23-21(17-20)11-12-28(23)25(30)26-22-3-1-2-4-22/h5-10,17,22H,1-4,11-16H2,(H,26,30). The predicted molar refractivity (Wildman–Crippen MR) is 120 cm³/mol. The third kappa shape index (κ3) is 4.17. The van der Waals surface area contributed by atoms with Gasteiger partial charge in [-0.25, -0.2) is 4.79 Å². The summed E-state index contributed by atoms with van der Waals surface area (Å²) in [5.74, 6) is 0.0627. The minimum absolute atomic E-state index is 0.0318.